The van der Waals surface area contributed by atoms with Crippen molar-refractivity contribution < 1.29 is 19.4 Å². The van der Waals surface area contributed by atoms with Gasteiger partial charge in [-0.1, -0.05) is 18.6 Å². The van der Waals surface area contributed by atoms with E-state index in [1.165, 1.54) is 19.3 Å². The molecule has 0 aromatic heterocycles. The van der Waals surface area contributed by atoms with Gasteiger partial charge < -0.3 is 19.9 Å². The molecule has 26 heavy (non-hydrogen) atoms. The number of amides is 1. The summed E-state index contributed by atoms with van der Waals surface area (Å²) in [6.07, 6.45) is 5.85. The van der Waals surface area contributed by atoms with Crippen molar-refractivity contribution in [2.24, 2.45) is 5.41 Å². The molecule has 3 aliphatic rings. The number of hydrogen-bond donors (Lipinski definition) is 2. The van der Waals surface area contributed by atoms with Crippen LogP contribution in [0, 0.1) is 5.41 Å². The number of benzene rings is 1. The molecule has 0 bridgehead atoms. The Bertz CT molecular complexity index is 674. The molecule has 4 rings (SSSR count). The summed E-state index contributed by atoms with van der Waals surface area (Å²) in [5.74, 6) is 0.834. The monoisotopic (exact) mass is 359 g/mol. The highest BCUT2D eigenvalue weighted by Crippen LogP contribution is 2.65. The van der Waals surface area contributed by atoms with E-state index in [9.17, 15) is 9.90 Å². The van der Waals surface area contributed by atoms with Crippen molar-refractivity contribution >= 4 is 5.91 Å². The second-order valence-electron chi connectivity index (χ2n) is 8.57. The molecule has 1 spiro atoms. The molecule has 2 aliphatic carbocycles. The molecule has 2 N–H and O–H groups in total. The van der Waals surface area contributed by atoms with E-state index in [0.29, 0.717) is 18.4 Å². The normalized spacial score (nSPS) is 31.1. The number of rotatable bonds is 5. The van der Waals surface area contributed by atoms with Gasteiger partial charge in [0.15, 0.2) is 0 Å². The third-order valence-electron chi connectivity index (χ3n) is 7.06. The maximum Gasteiger partial charge on any atom is 0.230 e. The number of methoxy groups -OCH3 is 1. The Labute approximate surface area is 155 Å². The van der Waals surface area contributed by atoms with Crippen molar-refractivity contribution in [1.82, 2.24) is 5.32 Å². The number of carbonyl (C=O) groups is 1. The van der Waals surface area contributed by atoms with Gasteiger partial charge in [-0.05, 0) is 55.7 Å². The average Bonchev–Trinajstić information content (AvgIpc) is 2.91. The molecule has 1 aromatic rings. The Balaban J connectivity index is 1.52. The Morgan fingerprint density at radius 1 is 1.27 bits per heavy atom. The molecule has 1 aliphatic heterocycles. The summed E-state index contributed by atoms with van der Waals surface area (Å²) >= 11 is 0. The standard InChI is InChI=1S/C21H29NO4/c1-15-21(24,10-11-26-15)14-22-18(23)20(12-19(13-20)8-3-9-19)16-4-6-17(25-2)7-5-16/h4-7,15,24H,3,8-14H2,1-2H3,(H,22,23). The maximum atomic E-state index is 13.2. The summed E-state index contributed by atoms with van der Waals surface area (Å²) in [6, 6.07) is 7.88. The van der Waals surface area contributed by atoms with Crippen molar-refractivity contribution in [1.29, 1.82) is 0 Å². The SMILES string of the molecule is COc1ccc(C2(C(=O)NCC3(O)CCOC3C)CC3(CCC3)C2)cc1. The number of aliphatic hydroxyl groups is 1. The quantitative estimate of drug-likeness (QED) is 0.848. The Morgan fingerprint density at radius 3 is 2.46 bits per heavy atom. The molecule has 0 radical (unpaired) electrons. The van der Waals surface area contributed by atoms with E-state index in [0.717, 1.165) is 24.2 Å². The molecular formula is C21H29NO4. The van der Waals surface area contributed by atoms with Crippen molar-refractivity contribution in [2.45, 2.75) is 62.6 Å². The fourth-order valence-corrected chi connectivity index (χ4v) is 5.07. The second kappa shape index (κ2) is 6.24. The molecule has 1 amide bonds. The molecule has 1 saturated heterocycles. The molecule has 142 valence electrons. The van der Waals surface area contributed by atoms with Gasteiger partial charge in [0.2, 0.25) is 5.91 Å². The number of ether oxygens (including phenoxy) is 2. The third kappa shape index (κ3) is 2.72. The van der Waals surface area contributed by atoms with Crippen LogP contribution in [0.2, 0.25) is 0 Å². The lowest BCUT2D eigenvalue weighted by molar-refractivity contribution is -0.144. The largest absolute Gasteiger partial charge is 0.497 e. The molecule has 5 nitrogen and oxygen atoms in total. The molecule has 5 heteroatoms. The molecular weight excluding hydrogens is 330 g/mol. The van der Waals surface area contributed by atoms with E-state index in [-0.39, 0.29) is 18.6 Å². The van der Waals surface area contributed by atoms with Gasteiger partial charge in [-0.15, -0.1) is 0 Å². The summed E-state index contributed by atoms with van der Waals surface area (Å²) in [7, 11) is 1.65. The first-order valence-electron chi connectivity index (χ1n) is 9.68. The molecule has 2 unspecified atom stereocenters. The molecule has 1 aromatic carbocycles. The van der Waals surface area contributed by atoms with Crippen LogP contribution in [-0.4, -0.2) is 43.0 Å². The summed E-state index contributed by atoms with van der Waals surface area (Å²) in [6.45, 7) is 2.66. The van der Waals surface area contributed by atoms with Gasteiger partial charge in [0, 0.05) is 19.6 Å². The number of carbonyl (C=O) groups excluding carboxylic acids is 1. The van der Waals surface area contributed by atoms with Gasteiger partial charge in [-0.3, -0.25) is 4.79 Å². The highest BCUT2D eigenvalue weighted by Gasteiger charge is 2.61. The topological polar surface area (TPSA) is 67.8 Å². The van der Waals surface area contributed by atoms with Gasteiger partial charge in [0.1, 0.15) is 11.4 Å². The fraction of sp³-hybridized carbons (Fsp3) is 0.667. The summed E-state index contributed by atoms with van der Waals surface area (Å²) in [4.78, 5) is 13.2. The van der Waals surface area contributed by atoms with Crippen molar-refractivity contribution in [3.05, 3.63) is 29.8 Å². The lowest BCUT2D eigenvalue weighted by atomic mass is 9.43. The van der Waals surface area contributed by atoms with Gasteiger partial charge in [0.05, 0.1) is 18.6 Å². The molecule has 2 saturated carbocycles. The smallest absolute Gasteiger partial charge is 0.230 e. The summed E-state index contributed by atoms with van der Waals surface area (Å²) < 4.78 is 10.7. The maximum absolute atomic E-state index is 13.2. The second-order valence-corrected chi connectivity index (χ2v) is 8.57. The van der Waals surface area contributed by atoms with Crippen LogP contribution in [0.15, 0.2) is 24.3 Å². The van der Waals surface area contributed by atoms with Gasteiger partial charge >= 0.3 is 0 Å². The van der Waals surface area contributed by atoms with E-state index >= 15 is 0 Å². The van der Waals surface area contributed by atoms with Gasteiger partial charge in [0.25, 0.3) is 0 Å². The van der Waals surface area contributed by atoms with Crippen LogP contribution in [0.5, 0.6) is 5.75 Å². The van der Waals surface area contributed by atoms with Gasteiger partial charge in [-0.25, -0.2) is 0 Å². The number of hydrogen-bond acceptors (Lipinski definition) is 4. The zero-order valence-electron chi connectivity index (χ0n) is 15.7. The zero-order chi connectivity index (χ0) is 18.4. The van der Waals surface area contributed by atoms with E-state index in [4.69, 9.17) is 9.47 Å². The minimum atomic E-state index is -0.964. The third-order valence-corrected chi connectivity index (χ3v) is 7.06. The van der Waals surface area contributed by atoms with E-state index < -0.39 is 11.0 Å². The predicted octanol–water partition coefficient (Wildman–Crippen LogP) is 2.55. The first kappa shape index (κ1) is 17.8. The summed E-state index contributed by atoms with van der Waals surface area (Å²) in [5.41, 5.74) is -0.0331. The van der Waals surface area contributed by atoms with E-state index in [1.807, 2.05) is 31.2 Å². The Morgan fingerprint density at radius 2 is 1.96 bits per heavy atom. The Hall–Kier alpha value is -1.59. The molecule has 3 fully saturated rings. The first-order chi connectivity index (χ1) is 12.4. The van der Waals surface area contributed by atoms with E-state index in [1.54, 1.807) is 7.11 Å². The lowest BCUT2D eigenvalue weighted by Crippen LogP contribution is -2.61. The van der Waals surface area contributed by atoms with Crippen LogP contribution in [0.25, 0.3) is 0 Å². The van der Waals surface area contributed by atoms with Crippen LogP contribution in [0.1, 0.15) is 51.0 Å². The van der Waals surface area contributed by atoms with Crippen LogP contribution < -0.4 is 10.1 Å². The lowest BCUT2D eigenvalue weighted by Gasteiger charge is -2.60. The highest BCUT2D eigenvalue weighted by molar-refractivity contribution is 5.90. The predicted molar refractivity (Wildman–Crippen MR) is 98.2 cm³/mol. The average molecular weight is 359 g/mol. The van der Waals surface area contributed by atoms with Crippen molar-refractivity contribution in [3.63, 3.8) is 0 Å². The fourth-order valence-electron chi connectivity index (χ4n) is 5.07. The molecule has 2 atom stereocenters. The minimum absolute atomic E-state index is 0.0349. The van der Waals surface area contributed by atoms with E-state index in [2.05, 4.69) is 5.32 Å². The summed E-state index contributed by atoms with van der Waals surface area (Å²) in [5, 5.41) is 13.8. The molecule has 1 heterocycles. The van der Waals surface area contributed by atoms with Crippen LogP contribution in [-0.2, 0) is 14.9 Å². The zero-order valence-corrected chi connectivity index (χ0v) is 15.7. The van der Waals surface area contributed by atoms with Crippen LogP contribution in [0.4, 0.5) is 0 Å². The van der Waals surface area contributed by atoms with Crippen molar-refractivity contribution in [3.8, 4) is 5.75 Å². The van der Waals surface area contributed by atoms with Crippen LogP contribution in [0.3, 0.4) is 0 Å². The van der Waals surface area contributed by atoms with Gasteiger partial charge in [-0.2, -0.15) is 0 Å². The highest BCUT2D eigenvalue weighted by atomic mass is 16.5. The van der Waals surface area contributed by atoms with Crippen molar-refractivity contribution in [2.75, 3.05) is 20.3 Å². The minimum Gasteiger partial charge on any atom is -0.497 e. The number of nitrogens with one attached hydrogen (secondary N) is 1. The van der Waals surface area contributed by atoms with Crippen LogP contribution >= 0.6 is 0 Å². The first-order valence-corrected chi connectivity index (χ1v) is 9.68. The Kier molecular flexibility index (Phi) is 4.27.